The van der Waals surface area contributed by atoms with Crippen molar-refractivity contribution in [2.75, 3.05) is 0 Å². The van der Waals surface area contributed by atoms with Crippen molar-refractivity contribution in [3.63, 3.8) is 0 Å². The maximum absolute atomic E-state index is 13.2. The molecule has 0 aliphatic rings. The highest BCUT2D eigenvalue weighted by molar-refractivity contribution is 7.18. The van der Waals surface area contributed by atoms with Crippen LogP contribution in [0.15, 0.2) is 42.5 Å². The number of aromatic nitrogens is 1. The molecule has 21 heavy (non-hydrogen) atoms. The van der Waals surface area contributed by atoms with Gasteiger partial charge in [0.15, 0.2) is 0 Å². The first-order valence-corrected chi connectivity index (χ1v) is 6.86. The third kappa shape index (κ3) is 2.82. The number of para-hydroxylation sites is 1. The molecule has 2 aromatic carbocycles. The maximum atomic E-state index is 13.2. The van der Waals surface area contributed by atoms with Crippen LogP contribution in [0.5, 0.6) is 5.75 Å². The van der Waals surface area contributed by atoms with Gasteiger partial charge >= 0.3 is 5.69 Å². The summed E-state index contributed by atoms with van der Waals surface area (Å²) in [5.74, 6) is -0.644. The Hall–Kier alpha value is -2.54. The molecule has 0 unspecified atom stereocenters. The molecule has 0 fully saturated rings. The van der Waals surface area contributed by atoms with E-state index in [1.165, 1.54) is 17.4 Å². The Bertz CT molecular complexity index is 786. The fourth-order valence-electron chi connectivity index (χ4n) is 1.85. The Kier molecular flexibility index (Phi) is 3.49. The topological polar surface area (TPSA) is 65.3 Å². The van der Waals surface area contributed by atoms with Gasteiger partial charge in [-0.3, -0.25) is 10.1 Å². The molecule has 7 heteroatoms. The van der Waals surface area contributed by atoms with E-state index in [0.717, 1.165) is 27.4 Å². The summed E-state index contributed by atoms with van der Waals surface area (Å²) in [5, 5.41) is 11.4. The average molecular weight is 304 g/mol. The lowest BCUT2D eigenvalue weighted by molar-refractivity contribution is -0.387. The monoisotopic (exact) mass is 304 g/mol. The van der Waals surface area contributed by atoms with Crippen molar-refractivity contribution in [3.8, 4) is 5.75 Å². The summed E-state index contributed by atoms with van der Waals surface area (Å²) in [7, 11) is 0. The molecule has 0 atom stereocenters. The molecule has 0 amide bonds. The predicted molar refractivity (Wildman–Crippen MR) is 77.0 cm³/mol. The van der Waals surface area contributed by atoms with Crippen LogP contribution in [-0.4, -0.2) is 9.91 Å². The minimum absolute atomic E-state index is 0.183. The van der Waals surface area contributed by atoms with Gasteiger partial charge in [-0.2, -0.15) is 4.39 Å². The molecule has 3 rings (SSSR count). The summed E-state index contributed by atoms with van der Waals surface area (Å²) in [6.07, 6.45) is 0. The summed E-state index contributed by atoms with van der Waals surface area (Å²) in [4.78, 5) is 14.3. The van der Waals surface area contributed by atoms with Gasteiger partial charge in [0.2, 0.25) is 5.82 Å². The number of benzene rings is 2. The van der Waals surface area contributed by atoms with Crippen LogP contribution in [0.2, 0.25) is 0 Å². The normalized spacial score (nSPS) is 10.7. The molecular weight excluding hydrogens is 295 g/mol. The van der Waals surface area contributed by atoms with Crippen LogP contribution >= 0.6 is 11.3 Å². The van der Waals surface area contributed by atoms with Gasteiger partial charge in [0.25, 0.3) is 0 Å². The quantitative estimate of drug-likeness (QED) is 0.541. The largest absolute Gasteiger partial charge is 0.486 e. The minimum atomic E-state index is -0.882. The smallest absolute Gasteiger partial charge is 0.308 e. The lowest BCUT2D eigenvalue weighted by Gasteiger charge is -2.03. The number of hydrogen-bond acceptors (Lipinski definition) is 5. The fraction of sp³-hybridized carbons (Fsp3) is 0.0714. The van der Waals surface area contributed by atoms with Gasteiger partial charge in [-0.1, -0.05) is 12.1 Å². The molecule has 1 aromatic heterocycles. The molecule has 3 aromatic rings. The van der Waals surface area contributed by atoms with Gasteiger partial charge in [0, 0.05) is 0 Å². The second kappa shape index (κ2) is 5.45. The number of halogens is 1. The van der Waals surface area contributed by atoms with Crippen molar-refractivity contribution in [1.29, 1.82) is 0 Å². The third-order valence-electron chi connectivity index (χ3n) is 2.81. The number of nitrogens with zero attached hydrogens (tertiary/aromatic N) is 2. The zero-order valence-corrected chi connectivity index (χ0v) is 11.5. The number of nitro benzene ring substituents is 1. The van der Waals surface area contributed by atoms with E-state index in [2.05, 4.69) is 4.98 Å². The standard InChI is InChI=1S/C14H9FN2O3S/c15-10-6-5-9(7-12(10)17(18)19)20-8-14-16-11-3-1-2-4-13(11)21-14/h1-7H,8H2. The SMILES string of the molecule is O=[N+]([O-])c1cc(OCc2nc3ccccc3s2)ccc1F. The van der Waals surface area contributed by atoms with Gasteiger partial charge in [-0.15, -0.1) is 11.3 Å². The van der Waals surface area contributed by atoms with Gasteiger partial charge in [0.05, 0.1) is 21.2 Å². The summed E-state index contributed by atoms with van der Waals surface area (Å²) in [5.41, 5.74) is 0.281. The van der Waals surface area contributed by atoms with Crippen molar-refractivity contribution >= 4 is 27.2 Å². The Morgan fingerprint density at radius 2 is 2.10 bits per heavy atom. The van der Waals surface area contributed by atoms with E-state index in [1.54, 1.807) is 0 Å². The molecule has 0 bridgehead atoms. The summed E-state index contributed by atoms with van der Waals surface area (Å²) in [6, 6.07) is 11.1. The molecular formula is C14H9FN2O3S. The molecule has 106 valence electrons. The van der Waals surface area contributed by atoms with Crippen molar-refractivity contribution in [2.45, 2.75) is 6.61 Å². The number of ether oxygens (including phenoxy) is 1. The fourth-order valence-corrected chi connectivity index (χ4v) is 2.73. The molecule has 0 radical (unpaired) electrons. The van der Waals surface area contributed by atoms with E-state index in [1.807, 2.05) is 24.3 Å². The lowest BCUT2D eigenvalue weighted by atomic mass is 10.3. The van der Waals surface area contributed by atoms with Crippen LogP contribution in [0.25, 0.3) is 10.2 Å². The van der Waals surface area contributed by atoms with Crippen LogP contribution in [0.3, 0.4) is 0 Å². The van der Waals surface area contributed by atoms with Crippen LogP contribution < -0.4 is 4.74 Å². The summed E-state index contributed by atoms with van der Waals surface area (Å²) in [6.45, 7) is 0.183. The number of hydrogen-bond donors (Lipinski definition) is 0. The van der Waals surface area contributed by atoms with Crippen molar-refractivity contribution in [3.05, 3.63) is 63.4 Å². The van der Waals surface area contributed by atoms with Crippen LogP contribution in [-0.2, 0) is 6.61 Å². The highest BCUT2D eigenvalue weighted by Crippen LogP contribution is 2.26. The molecule has 0 saturated carbocycles. The maximum Gasteiger partial charge on any atom is 0.308 e. The van der Waals surface area contributed by atoms with Crippen LogP contribution in [0, 0.1) is 15.9 Å². The highest BCUT2D eigenvalue weighted by Gasteiger charge is 2.15. The predicted octanol–water partition coefficient (Wildman–Crippen LogP) is 3.92. The zero-order valence-electron chi connectivity index (χ0n) is 10.7. The molecule has 0 aliphatic carbocycles. The number of thiazole rings is 1. The third-order valence-corrected chi connectivity index (χ3v) is 3.82. The van der Waals surface area contributed by atoms with E-state index >= 15 is 0 Å². The van der Waals surface area contributed by atoms with E-state index in [0.29, 0.717) is 0 Å². The average Bonchev–Trinajstić information content (AvgIpc) is 2.89. The van der Waals surface area contributed by atoms with Crippen molar-refractivity contribution in [1.82, 2.24) is 4.98 Å². The Morgan fingerprint density at radius 1 is 1.29 bits per heavy atom. The first-order valence-electron chi connectivity index (χ1n) is 6.04. The van der Waals surface area contributed by atoms with Gasteiger partial charge in [-0.05, 0) is 24.3 Å². The Balaban J connectivity index is 1.78. The Morgan fingerprint density at radius 3 is 2.86 bits per heavy atom. The van der Waals surface area contributed by atoms with Crippen molar-refractivity contribution < 1.29 is 14.1 Å². The van der Waals surface area contributed by atoms with Gasteiger partial charge < -0.3 is 4.74 Å². The molecule has 0 N–H and O–H groups in total. The van der Waals surface area contributed by atoms with Crippen LogP contribution in [0.4, 0.5) is 10.1 Å². The van der Waals surface area contributed by atoms with E-state index in [4.69, 9.17) is 4.74 Å². The Labute approximate surface area is 122 Å². The van der Waals surface area contributed by atoms with E-state index in [-0.39, 0.29) is 12.4 Å². The second-order valence-corrected chi connectivity index (χ2v) is 5.35. The molecule has 0 saturated heterocycles. The first kappa shape index (κ1) is 13.4. The summed E-state index contributed by atoms with van der Waals surface area (Å²) < 4.78 is 19.7. The molecule has 0 spiro atoms. The van der Waals surface area contributed by atoms with Crippen molar-refractivity contribution in [2.24, 2.45) is 0 Å². The summed E-state index contributed by atoms with van der Waals surface area (Å²) >= 11 is 1.49. The number of rotatable bonds is 4. The molecule has 0 aliphatic heterocycles. The second-order valence-electron chi connectivity index (χ2n) is 4.23. The van der Waals surface area contributed by atoms with Crippen LogP contribution in [0.1, 0.15) is 5.01 Å². The first-order chi connectivity index (χ1) is 10.1. The van der Waals surface area contributed by atoms with E-state index < -0.39 is 16.4 Å². The molecule has 5 nitrogen and oxygen atoms in total. The van der Waals surface area contributed by atoms with Gasteiger partial charge in [-0.25, -0.2) is 4.98 Å². The lowest BCUT2D eigenvalue weighted by Crippen LogP contribution is -1.97. The number of nitro groups is 1. The van der Waals surface area contributed by atoms with E-state index in [9.17, 15) is 14.5 Å². The highest BCUT2D eigenvalue weighted by atomic mass is 32.1. The number of fused-ring (bicyclic) bond motifs is 1. The minimum Gasteiger partial charge on any atom is -0.486 e. The molecule has 1 heterocycles. The zero-order chi connectivity index (χ0) is 14.8. The van der Waals surface area contributed by atoms with Gasteiger partial charge in [0.1, 0.15) is 17.4 Å².